The first kappa shape index (κ1) is 16.1. The van der Waals surface area contributed by atoms with E-state index in [-0.39, 0.29) is 6.61 Å². The van der Waals surface area contributed by atoms with Gasteiger partial charge in [0.25, 0.3) is 5.91 Å². The highest BCUT2D eigenvalue weighted by molar-refractivity contribution is 5.82. The molecule has 1 amide bonds. The fourth-order valence-corrected chi connectivity index (χ4v) is 1.58. The summed E-state index contributed by atoms with van der Waals surface area (Å²) in [5.41, 5.74) is 2.98. The zero-order chi connectivity index (χ0) is 16.7. The van der Waals surface area contributed by atoms with Gasteiger partial charge in [-0.1, -0.05) is 6.07 Å². The molecule has 0 aliphatic carbocycles. The van der Waals surface area contributed by atoms with Crippen LogP contribution in [-0.2, 0) is 4.79 Å². The second-order valence-electron chi connectivity index (χ2n) is 4.39. The monoisotopic (exact) mass is 315 g/mol. The van der Waals surface area contributed by atoms with E-state index < -0.39 is 17.5 Å². The SMILES string of the molecule is N#Cc1ccc(OCC(=O)N/N=C\c2ccc(F)c(F)c2)cc1. The van der Waals surface area contributed by atoms with E-state index in [9.17, 15) is 13.6 Å². The quantitative estimate of drug-likeness (QED) is 0.680. The first-order valence-electron chi connectivity index (χ1n) is 6.48. The number of hydrogen-bond acceptors (Lipinski definition) is 4. The molecule has 2 aromatic rings. The van der Waals surface area contributed by atoms with Crippen molar-refractivity contribution in [3.8, 4) is 11.8 Å². The van der Waals surface area contributed by atoms with E-state index in [1.807, 2.05) is 6.07 Å². The minimum Gasteiger partial charge on any atom is -0.484 e. The van der Waals surface area contributed by atoms with Crippen LogP contribution in [0.3, 0.4) is 0 Å². The maximum absolute atomic E-state index is 13.0. The molecular weight excluding hydrogens is 304 g/mol. The van der Waals surface area contributed by atoms with Gasteiger partial charge in [-0.3, -0.25) is 4.79 Å². The second kappa shape index (κ2) is 7.66. The van der Waals surface area contributed by atoms with Crippen molar-refractivity contribution in [1.82, 2.24) is 5.43 Å². The summed E-state index contributed by atoms with van der Waals surface area (Å²) in [7, 11) is 0. The predicted molar refractivity (Wildman–Crippen MR) is 78.7 cm³/mol. The molecule has 7 heteroatoms. The minimum absolute atomic E-state index is 0.277. The molecule has 0 heterocycles. The molecule has 2 rings (SSSR count). The Bertz CT molecular complexity index is 768. The molecule has 0 saturated carbocycles. The van der Waals surface area contributed by atoms with Gasteiger partial charge in [-0.2, -0.15) is 10.4 Å². The molecule has 0 aliphatic heterocycles. The van der Waals surface area contributed by atoms with E-state index >= 15 is 0 Å². The Kier molecular flexibility index (Phi) is 5.36. The van der Waals surface area contributed by atoms with Crippen molar-refractivity contribution >= 4 is 12.1 Å². The highest BCUT2D eigenvalue weighted by atomic mass is 19.2. The van der Waals surface area contributed by atoms with Crippen LogP contribution in [0.4, 0.5) is 8.78 Å². The summed E-state index contributed by atoms with van der Waals surface area (Å²) >= 11 is 0. The number of rotatable bonds is 5. The van der Waals surface area contributed by atoms with Crippen LogP contribution in [0.25, 0.3) is 0 Å². The van der Waals surface area contributed by atoms with Crippen molar-refractivity contribution in [3.05, 3.63) is 65.2 Å². The van der Waals surface area contributed by atoms with E-state index in [0.29, 0.717) is 16.9 Å². The smallest absolute Gasteiger partial charge is 0.277 e. The zero-order valence-electron chi connectivity index (χ0n) is 11.8. The molecular formula is C16H11F2N3O2. The van der Waals surface area contributed by atoms with Gasteiger partial charge >= 0.3 is 0 Å². The summed E-state index contributed by atoms with van der Waals surface area (Å²) in [5, 5.41) is 12.3. The van der Waals surface area contributed by atoms with E-state index in [1.165, 1.54) is 12.3 Å². The lowest BCUT2D eigenvalue weighted by Crippen LogP contribution is -2.24. The third-order valence-electron chi connectivity index (χ3n) is 2.70. The van der Waals surface area contributed by atoms with Crippen molar-refractivity contribution in [2.75, 3.05) is 6.61 Å². The second-order valence-corrected chi connectivity index (χ2v) is 4.39. The van der Waals surface area contributed by atoms with Gasteiger partial charge < -0.3 is 4.74 Å². The Morgan fingerprint density at radius 3 is 2.61 bits per heavy atom. The summed E-state index contributed by atoms with van der Waals surface area (Å²) < 4.78 is 30.9. The number of ether oxygens (including phenoxy) is 1. The van der Waals surface area contributed by atoms with Gasteiger partial charge in [0.15, 0.2) is 18.2 Å². The zero-order valence-corrected chi connectivity index (χ0v) is 11.8. The first-order chi connectivity index (χ1) is 11.1. The van der Waals surface area contributed by atoms with Crippen molar-refractivity contribution in [1.29, 1.82) is 5.26 Å². The van der Waals surface area contributed by atoms with Gasteiger partial charge in [-0.05, 0) is 42.0 Å². The fourth-order valence-electron chi connectivity index (χ4n) is 1.58. The summed E-state index contributed by atoms with van der Waals surface area (Å²) in [6, 6.07) is 11.5. The average Bonchev–Trinajstić information content (AvgIpc) is 2.56. The Labute approximate surface area is 130 Å². The topological polar surface area (TPSA) is 74.5 Å². The van der Waals surface area contributed by atoms with Gasteiger partial charge in [-0.25, -0.2) is 14.2 Å². The lowest BCUT2D eigenvalue weighted by atomic mass is 10.2. The van der Waals surface area contributed by atoms with E-state index in [1.54, 1.807) is 24.3 Å². The van der Waals surface area contributed by atoms with Gasteiger partial charge in [0, 0.05) is 0 Å². The third kappa shape index (κ3) is 4.89. The van der Waals surface area contributed by atoms with Gasteiger partial charge in [-0.15, -0.1) is 0 Å². The lowest BCUT2D eigenvalue weighted by Gasteiger charge is -2.04. The summed E-state index contributed by atoms with van der Waals surface area (Å²) in [6.45, 7) is -0.277. The number of carbonyl (C=O) groups is 1. The number of hydrazone groups is 1. The van der Waals surface area contributed by atoms with Crippen LogP contribution in [0.15, 0.2) is 47.6 Å². The normalized spacial score (nSPS) is 10.3. The van der Waals surface area contributed by atoms with Crippen molar-refractivity contribution < 1.29 is 18.3 Å². The Balaban J connectivity index is 1.81. The molecule has 0 unspecified atom stereocenters. The predicted octanol–water partition coefficient (Wildman–Crippen LogP) is 2.37. The summed E-state index contributed by atoms with van der Waals surface area (Å²) in [6.07, 6.45) is 1.18. The molecule has 0 atom stereocenters. The molecule has 0 spiro atoms. The Morgan fingerprint density at radius 2 is 1.96 bits per heavy atom. The number of nitrogens with one attached hydrogen (secondary N) is 1. The molecule has 1 N–H and O–H groups in total. The maximum Gasteiger partial charge on any atom is 0.277 e. The molecule has 0 fully saturated rings. The Morgan fingerprint density at radius 1 is 1.22 bits per heavy atom. The molecule has 116 valence electrons. The van der Waals surface area contributed by atoms with Gasteiger partial charge in [0.1, 0.15) is 5.75 Å². The molecule has 5 nitrogen and oxygen atoms in total. The van der Waals surface area contributed by atoms with Crippen LogP contribution >= 0.6 is 0 Å². The molecule has 23 heavy (non-hydrogen) atoms. The van der Waals surface area contributed by atoms with Crippen molar-refractivity contribution in [2.45, 2.75) is 0 Å². The lowest BCUT2D eigenvalue weighted by molar-refractivity contribution is -0.123. The van der Waals surface area contributed by atoms with Gasteiger partial charge in [0.2, 0.25) is 0 Å². The standard InChI is InChI=1S/C16H11F2N3O2/c17-14-6-3-12(7-15(14)18)9-20-21-16(22)10-23-13-4-1-11(8-19)2-5-13/h1-7,9H,10H2,(H,21,22)/b20-9-. The summed E-state index contributed by atoms with van der Waals surface area (Å²) in [5.74, 6) is -2.04. The third-order valence-corrected chi connectivity index (χ3v) is 2.70. The van der Waals surface area contributed by atoms with Crippen LogP contribution < -0.4 is 10.2 Å². The number of nitrogens with zero attached hydrogens (tertiary/aromatic N) is 2. The molecule has 2 aromatic carbocycles. The van der Waals surface area contributed by atoms with Gasteiger partial charge in [0.05, 0.1) is 17.8 Å². The van der Waals surface area contributed by atoms with Crippen LogP contribution in [-0.4, -0.2) is 18.7 Å². The molecule has 0 bridgehead atoms. The summed E-state index contributed by atoms with van der Waals surface area (Å²) in [4.78, 5) is 11.5. The maximum atomic E-state index is 13.0. The molecule has 0 saturated heterocycles. The highest BCUT2D eigenvalue weighted by Gasteiger charge is 2.03. The molecule has 0 aromatic heterocycles. The number of nitriles is 1. The average molecular weight is 315 g/mol. The fraction of sp³-hybridized carbons (Fsp3) is 0.0625. The number of halogens is 2. The van der Waals surface area contributed by atoms with Crippen molar-refractivity contribution in [2.24, 2.45) is 5.10 Å². The van der Waals surface area contributed by atoms with Crippen LogP contribution in [0.5, 0.6) is 5.75 Å². The molecule has 0 radical (unpaired) electrons. The van der Waals surface area contributed by atoms with E-state index in [0.717, 1.165) is 12.1 Å². The largest absolute Gasteiger partial charge is 0.484 e. The number of carbonyl (C=O) groups excluding carboxylic acids is 1. The minimum atomic E-state index is -0.996. The van der Waals surface area contributed by atoms with Crippen LogP contribution in [0.2, 0.25) is 0 Å². The Hall–Kier alpha value is -3.27. The van der Waals surface area contributed by atoms with E-state index in [4.69, 9.17) is 10.00 Å². The first-order valence-corrected chi connectivity index (χ1v) is 6.48. The van der Waals surface area contributed by atoms with Crippen LogP contribution in [0.1, 0.15) is 11.1 Å². The number of benzene rings is 2. The number of hydrogen-bond donors (Lipinski definition) is 1. The van der Waals surface area contributed by atoms with Crippen molar-refractivity contribution in [3.63, 3.8) is 0 Å². The highest BCUT2D eigenvalue weighted by Crippen LogP contribution is 2.11. The van der Waals surface area contributed by atoms with E-state index in [2.05, 4.69) is 10.5 Å². The molecule has 0 aliphatic rings. The van der Waals surface area contributed by atoms with Crippen LogP contribution in [0, 0.1) is 23.0 Å². The number of amides is 1.